The number of nitro groups is 1. The molecule has 0 aliphatic rings. The predicted molar refractivity (Wildman–Crippen MR) is 99.8 cm³/mol. The average Bonchev–Trinajstić information content (AvgIpc) is 2.65. The molecule has 0 heterocycles. The summed E-state index contributed by atoms with van der Waals surface area (Å²) in [4.78, 5) is 9.87. The minimum atomic E-state index is -4.22. The number of para-hydroxylation sites is 1. The van der Waals surface area contributed by atoms with Gasteiger partial charge in [0.25, 0.3) is 5.69 Å². The maximum Gasteiger partial charge on any atom is 0.289 e. The van der Waals surface area contributed by atoms with Gasteiger partial charge in [-0.25, -0.2) is 13.1 Å². The summed E-state index contributed by atoms with van der Waals surface area (Å²) in [5.41, 5.74) is -2.15. The molecule has 10 heteroatoms. The number of nitrogens with zero attached hydrogens (tertiary/aromatic N) is 1. The molecule has 0 saturated carbocycles. The topological polar surface area (TPSA) is 128 Å². The molecule has 154 valence electrons. The molecule has 0 radical (unpaired) electrons. The zero-order chi connectivity index (χ0) is 20.5. The first-order chi connectivity index (χ1) is 12.7. The summed E-state index contributed by atoms with van der Waals surface area (Å²) in [5, 5.41) is 22.0. The van der Waals surface area contributed by atoms with Gasteiger partial charge in [0.2, 0.25) is 10.0 Å². The van der Waals surface area contributed by atoms with Gasteiger partial charge in [-0.1, -0.05) is 44.7 Å². The second-order valence-electron chi connectivity index (χ2n) is 6.27. The van der Waals surface area contributed by atoms with Crippen molar-refractivity contribution in [3.63, 3.8) is 0 Å². The Kier molecular flexibility index (Phi) is 9.27. The van der Waals surface area contributed by atoms with Crippen LogP contribution in [-0.4, -0.2) is 51.1 Å². The smallest absolute Gasteiger partial charge is 0.289 e. The van der Waals surface area contributed by atoms with Crippen molar-refractivity contribution in [2.75, 3.05) is 20.8 Å². The molecule has 9 nitrogen and oxygen atoms in total. The number of nitrogens with one attached hydrogen (secondary N) is 1. The van der Waals surface area contributed by atoms with Crippen molar-refractivity contribution in [2.45, 2.75) is 55.8 Å². The second kappa shape index (κ2) is 10.7. The van der Waals surface area contributed by atoms with Gasteiger partial charge >= 0.3 is 0 Å². The van der Waals surface area contributed by atoms with Crippen molar-refractivity contribution in [3.05, 3.63) is 34.4 Å². The van der Waals surface area contributed by atoms with Gasteiger partial charge in [-0.3, -0.25) is 10.1 Å². The Labute approximate surface area is 159 Å². The summed E-state index contributed by atoms with van der Waals surface area (Å²) < 4.78 is 37.7. The van der Waals surface area contributed by atoms with E-state index in [1.165, 1.54) is 26.4 Å². The highest BCUT2D eigenvalue weighted by molar-refractivity contribution is 7.89. The number of nitro benzene ring substituents is 1. The zero-order valence-corrected chi connectivity index (χ0v) is 16.7. The van der Waals surface area contributed by atoms with E-state index in [0.29, 0.717) is 6.42 Å². The van der Waals surface area contributed by atoms with Crippen molar-refractivity contribution < 1.29 is 27.9 Å². The van der Waals surface area contributed by atoms with E-state index in [1.807, 2.05) is 0 Å². The SMILES string of the molecule is CCCCCC[C@@](O)(CNS(=O)(=O)c1ccccc1[N+](=O)[O-])C(OC)OC. The van der Waals surface area contributed by atoms with Crippen LogP contribution in [0.3, 0.4) is 0 Å². The van der Waals surface area contributed by atoms with Crippen LogP contribution in [0.1, 0.15) is 39.0 Å². The molecule has 1 aromatic carbocycles. The molecule has 0 unspecified atom stereocenters. The predicted octanol–water partition coefficient (Wildman–Crippen LogP) is 2.19. The first kappa shape index (κ1) is 23.4. The molecular formula is C17H28N2O7S. The van der Waals surface area contributed by atoms with Gasteiger partial charge in [-0.15, -0.1) is 0 Å². The highest BCUT2D eigenvalue weighted by Crippen LogP contribution is 2.25. The lowest BCUT2D eigenvalue weighted by Gasteiger charge is -2.34. The largest absolute Gasteiger partial charge is 0.383 e. The monoisotopic (exact) mass is 404 g/mol. The van der Waals surface area contributed by atoms with Crippen LogP contribution in [0, 0.1) is 10.1 Å². The molecule has 0 amide bonds. The lowest BCUT2D eigenvalue weighted by Crippen LogP contribution is -2.53. The van der Waals surface area contributed by atoms with E-state index in [9.17, 15) is 23.6 Å². The molecule has 2 N–H and O–H groups in total. The number of methoxy groups -OCH3 is 2. The molecular weight excluding hydrogens is 376 g/mol. The van der Waals surface area contributed by atoms with E-state index in [-0.39, 0.29) is 6.42 Å². The number of benzene rings is 1. The third-order valence-electron chi connectivity index (χ3n) is 4.25. The van der Waals surface area contributed by atoms with Crippen LogP contribution >= 0.6 is 0 Å². The minimum Gasteiger partial charge on any atom is -0.383 e. The van der Waals surface area contributed by atoms with Crippen molar-refractivity contribution in [1.29, 1.82) is 0 Å². The molecule has 0 bridgehead atoms. The fourth-order valence-corrected chi connectivity index (χ4v) is 4.09. The zero-order valence-electron chi connectivity index (χ0n) is 15.9. The first-order valence-electron chi connectivity index (χ1n) is 8.73. The lowest BCUT2D eigenvalue weighted by molar-refractivity contribution is -0.387. The summed E-state index contributed by atoms with van der Waals surface area (Å²) in [6, 6.07) is 5.03. The van der Waals surface area contributed by atoms with Gasteiger partial charge in [0.05, 0.1) is 4.92 Å². The molecule has 0 aromatic heterocycles. The minimum absolute atomic E-state index is 0.249. The van der Waals surface area contributed by atoms with Crippen LogP contribution in [0.15, 0.2) is 29.2 Å². The number of unbranched alkanes of at least 4 members (excludes halogenated alkanes) is 3. The van der Waals surface area contributed by atoms with Crippen LogP contribution in [0.5, 0.6) is 0 Å². The Hall–Kier alpha value is -1.59. The number of hydrogen-bond donors (Lipinski definition) is 2. The third-order valence-corrected chi connectivity index (χ3v) is 5.70. The molecule has 1 aromatic rings. The number of aliphatic hydroxyl groups is 1. The van der Waals surface area contributed by atoms with Crippen molar-refractivity contribution in [2.24, 2.45) is 0 Å². The van der Waals surface area contributed by atoms with E-state index in [0.717, 1.165) is 31.4 Å². The van der Waals surface area contributed by atoms with Crippen molar-refractivity contribution >= 4 is 15.7 Å². The molecule has 0 aliphatic heterocycles. The van der Waals surface area contributed by atoms with Crippen LogP contribution < -0.4 is 4.72 Å². The molecule has 1 atom stereocenters. The van der Waals surface area contributed by atoms with Crippen LogP contribution in [0.2, 0.25) is 0 Å². The van der Waals surface area contributed by atoms with Gasteiger partial charge in [0.15, 0.2) is 11.2 Å². The highest BCUT2D eigenvalue weighted by atomic mass is 32.2. The molecule has 27 heavy (non-hydrogen) atoms. The van der Waals surface area contributed by atoms with E-state index in [2.05, 4.69) is 11.6 Å². The van der Waals surface area contributed by atoms with E-state index < -0.39 is 44.0 Å². The van der Waals surface area contributed by atoms with Crippen molar-refractivity contribution in [1.82, 2.24) is 4.72 Å². The van der Waals surface area contributed by atoms with Gasteiger partial charge in [-0.2, -0.15) is 0 Å². The van der Waals surface area contributed by atoms with E-state index in [4.69, 9.17) is 9.47 Å². The Morgan fingerprint density at radius 1 is 1.22 bits per heavy atom. The lowest BCUT2D eigenvalue weighted by atomic mass is 9.95. The van der Waals surface area contributed by atoms with Gasteiger partial charge in [-0.05, 0) is 12.5 Å². The van der Waals surface area contributed by atoms with Gasteiger partial charge in [0.1, 0.15) is 5.60 Å². The molecule has 0 fully saturated rings. The Morgan fingerprint density at radius 3 is 2.41 bits per heavy atom. The third kappa shape index (κ3) is 6.51. The second-order valence-corrected chi connectivity index (χ2v) is 8.00. The summed E-state index contributed by atoms with van der Waals surface area (Å²) in [7, 11) is -1.52. The molecule has 0 saturated heterocycles. The maximum absolute atomic E-state index is 12.6. The quantitative estimate of drug-likeness (QED) is 0.223. The van der Waals surface area contributed by atoms with Gasteiger partial charge < -0.3 is 14.6 Å². The summed E-state index contributed by atoms with van der Waals surface area (Å²) in [6.45, 7) is 1.65. The standard InChI is InChI=1S/C17H28N2O7S/c1-4-5-6-9-12-17(20,16(25-2)26-3)13-18-27(23,24)15-11-8-7-10-14(15)19(21)22/h7-8,10-11,16,18,20H,4-6,9,12-13H2,1-3H3/t17-/m1/s1. The number of sulfonamides is 1. The van der Waals surface area contributed by atoms with Crippen molar-refractivity contribution in [3.8, 4) is 0 Å². The van der Waals surface area contributed by atoms with E-state index in [1.54, 1.807) is 0 Å². The van der Waals surface area contributed by atoms with Gasteiger partial charge in [0, 0.05) is 26.8 Å². The fraction of sp³-hybridized carbons (Fsp3) is 0.647. The molecule has 0 spiro atoms. The summed E-state index contributed by atoms with van der Waals surface area (Å²) in [6.07, 6.45) is 2.73. The number of ether oxygens (including phenoxy) is 2. The Balaban J connectivity index is 3.00. The number of hydrogen-bond acceptors (Lipinski definition) is 7. The number of rotatable bonds is 13. The van der Waals surface area contributed by atoms with Crippen LogP contribution in [0.4, 0.5) is 5.69 Å². The Bertz CT molecular complexity index is 707. The Morgan fingerprint density at radius 2 is 1.85 bits per heavy atom. The molecule has 1 rings (SSSR count). The molecule has 0 aliphatic carbocycles. The first-order valence-corrected chi connectivity index (χ1v) is 10.2. The normalized spacial score (nSPS) is 14.3. The summed E-state index contributed by atoms with van der Waals surface area (Å²) in [5.74, 6) is 0. The van der Waals surface area contributed by atoms with Crippen LogP contribution in [0.25, 0.3) is 0 Å². The van der Waals surface area contributed by atoms with Crippen LogP contribution in [-0.2, 0) is 19.5 Å². The average molecular weight is 404 g/mol. The highest BCUT2D eigenvalue weighted by Gasteiger charge is 2.39. The summed E-state index contributed by atoms with van der Waals surface area (Å²) >= 11 is 0. The van der Waals surface area contributed by atoms with E-state index >= 15 is 0 Å². The maximum atomic E-state index is 12.6. The fourth-order valence-electron chi connectivity index (χ4n) is 2.82.